The molecule has 1 aliphatic heterocycles. The first-order chi connectivity index (χ1) is 9.52. The van der Waals surface area contributed by atoms with Crippen molar-refractivity contribution in [3.63, 3.8) is 0 Å². The molecule has 0 spiro atoms. The first-order valence-electron chi connectivity index (χ1n) is 7.91. The normalized spacial score (nSPS) is 16.9. The summed E-state index contributed by atoms with van der Waals surface area (Å²) in [4.78, 5) is 11.6. The van der Waals surface area contributed by atoms with Gasteiger partial charge in [-0.15, -0.1) is 0 Å². The summed E-state index contributed by atoms with van der Waals surface area (Å²) in [6.07, 6.45) is 5.19. The number of rotatable bonds is 4. The van der Waals surface area contributed by atoms with E-state index in [0.29, 0.717) is 11.7 Å². The van der Waals surface area contributed by atoms with Crippen molar-refractivity contribution >= 4 is 11.6 Å². The molecule has 1 aliphatic rings. The molecule has 0 radical (unpaired) electrons. The highest BCUT2D eigenvalue weighted by Gasteiger charge is 2.22. The maximum Gasteiger partial charge on any atom is 0.137 e. The molecule has 4 nitrogen and oxygen atoms in total. The van der Waals surface area contributed by atoms with Crippen LogP contribution in [-0.4, -0.2) is 23.1 Å². The molecule has 0 atom stereocenters. The predicted molar refractivity (Wildman–Crippen MR) is 85.1 cm³/mol. The third-order valence-corrected chi connectivity index (χ3v) is 4.30. The number of nitrogen functional groups attached to an aromatic ring is 1. The van der Waals surface area contributed by atoms with Gasteiger partial charge in [-0.2, -0.15) is 0 Å². The van der Waals surface area contributed by atoms with E-state index in [-0.39, 0.29) is 0 Å². The van der Waals surface area contributed by atoms with E-state index in [9.17, 15) is 0 Å². The average molecular weight is 276 g/mol. The summed E-state index contributed by atoms with van der Waals surface area (Å²) in [5, 5.41) is 0. The monoisotopic (exact) mass is 276 g/mol. The zero-order chi connectivity index (χ0) is 14.7. The molecule has 1 aromatic rings. The molecular weight excluding hydrogens is 248 g/mol. The Morgan fingerprint density at radius 1 is 1.25 bits per heavy atom. The summed E-state index contributed by atoms with van der Waals surface area (Å²) in [6.45, 7) is 10.7. The molecule has 0 saturated carbocycles. The van der Waals surface area contributed by atoms with Crippen LogP contribution in [0.15, 0.2) is 0 Å². The second kappa shape index (κ2) is 6.42. The van der Waals surface area contributed by atoms with Crippen LogP contribution in [0, 0.1) is 12.8 Å². The van der Waals surface area contributed by atoms with E-state index in [1.54, 1.807) is 0 Å². The summed E-state index contributed by atoms with van der Waals surface area (Å²) in [5.74, 6) is 3.75. The summed E-state index contributed by atoms with van der Waals surface area (Å²) < 4.78 is 0. The smallest absolute Gasteiger partial charge is 0.137 e. The summed E-state index contributed by atoms with van der Waals surface area (Å²) in [7, 11) is 0. The lowest BCUT2D eigenvalue weighted by Crippen LogP contribution is -2.35. The van der Waals surface area contributed by atoms with Gasteiger partial charge in [0, 0.05) is 24.6 Å². The van der Waals surface area contributed by atoms with Gasteiger partial charge < -0.3 is 10.6 Å². The third kappa shape index (κ3) is 3.22. The van der Waals surface area contributed by atoms with Gasteiger partial charge in [0.2, 0.25) is 0 Å². The van der Waals surface area contributed by atoms with Gasteiger partial charge in [-0.05, 0) is 25.7 Å². The Morgan fingerprint density at radius 3 is 2.45 bits per heavy atom. The number of anilines is 2. The lowest BCUT2D eigenvalue weighted by atomic mass is 9.92. The van der Waals surface area contributed by atoms with Crippen LogP contribution in [0.2, 0.25) is 0 Å². The fourth-order valence-corrected chi connectivity index (χ4v) is 2.95. The van der Waals surface area contributed by atoms with Crippen molar-refractivity contribution in [2.24, 2.45) is 5.92 Å². The van der Waals surface area contributed by atoms with Crippen LogP contribution in [0.4, 0.5) is 11.6 Å². The van der Waals surface area contributed by atoms with Crippen LogP contribution < -0.4 is 10.6 Å². The number of piperidine rings is 1. The fraction of sp³-hybridized carbons (Fsp3) is 0.750. The minimum Gasteiger partial charge on any atom is -0.383 e. The van der Waals surface area contributed by atoms with Crippen molar-refractivity contribution in [1.29, 1.82) is 0 Å². The zero-order valence-corrected chi connectivity index (χ0v) is 13.3. The molecule has 2 N–H and O–H groups in total. The molecule has 1 fully saturated rings. The Morgan fingerprint density at radius 2 is 1.90 bits per heavy atom. The van der Waals surface area contributed by atoms with Crippen LogP contribution in [0.25, 0.3) is 0 Å². The molecule has 1 aromatic heterocycles. The lowest BCUT2D eigenvalue weighted by Gasteiger charge is -2.34. The zero-order valence-electron chi connectivity index (χ0n) is 13.3. The summed E-state index contributed by atoms with van der Waals surface area (Å²) in [5.41, 5.74) is 7.09. The van der Waals surface area contributed by atoms with Crippen molar-refractivity contribution in [2.75, 3.05) is 23.7 Å². The van der Waals surface area contributed by atoms with Gasteiger partial charge in [-0.1, -0.05) is 33.6 Å². The Kier molecular flexibility index (Phi) is 4.84. The molecule has 20 heavy (non-hydrogen) atoms. The van der Waals surface area contributed by atoms with E-state index in [4.69, 9.17) is 10.7 Å². The molecular formula is C16H28N4. The Labute approximate surface area is 122 Å². The number of hydrogen-bond acceptors (Lipinski definition) is 4. The first-order valence-corrected chi connectivity index (χ1v) is 7.91. The van der Waals surface area contributed by atoms with E-state index in [2.05, 4.69) is 30.7 Å². The van der Waals surface area contributed by atoms with Crippen molar-refractivity contribution in [3.8, 4) is 0 Å². The maximum absolute atomic E-state index is 6.06. The lowest BCUT2D eigenvalue weighted by molar-refractivity contribution is 0.377. The van der Waals surface area contributed by atoms with Crippen molar-refractivity contribution < 1.29 is 0 Å². The van der Waals surface area contributed by atoms with Crippen molar-refractivity contribution in [2.45, 2.75) is 59.3 Å². The van der Waals surface area contributed by atoms with Gasteiger partial charge in [0.25, 0.3) is 0 Å². The van der Waals surface area contributed by atoms with Crippen LogP contribution in [-0.2, 0) is 0 Å². The fourth-order valence-electron chi connectivity index (χ4n) is 2.95. The highest BCUT2D eigenvalue weighted by Crippen LogP contribution is 2.29. The second-order valence-electron chi connectivity index (χ2n) is 6.29. The quantitative estimate of drug-likeness (QED) is 0.914. The van der Waals surface area contributed by atoms with E-state index in [0.717, 1.165) is 36.2 Å². The van der Waals surface area contributed by atoms with E-state index in [1.807, 2.05) is 6.92 Å². The van der Waals surface area contributed by atoms with Crippen molar-refractivity contribution in [3.05, 3.63) is 11.4 Å². The molecule has 0 aliphatic carbocycles. The topological polar surface area (TPSA) is 55.0 Å². The molecule has 0 unspecified atom stereocenters. The summed E-state index contributed by atoms with van der Waals surface area (Å²) in [6, 6.07) is 0. The Bertz CT molecular complexity index is 448. The van der Waals surface area contributed by atoms with Gasteiger partial charge in [0.1, 0.15) is 17.5 Å². The molecule has 0 amide bonds. The highest BCUT2D eigenvalue weighted by atomic mass is 15.2. The molecule has 2 heterocycles. The Balaban J connectivity index is 2.17. The Hall–Kier alpha value is -1.32. The standard InChI is InChI=1S/C16H28N4/c1-5-6-13-7-9-20(10-8-13)16-12(4)14(17)18-15(19-16)11(2)3/h11,13H,5-10H2,1-4H3,(H2,17,18,19). The minimum absolute atomic E-state index is 0.314. The highest BCUT2D eigenvalue weighted by molar-refractivity contribution is 5.56. The van der Waals surface area contributed by atoms with Gasteiger partial charge >= 0.3 is 0 Å². The molecule has 112 valence electrons. The van der Waals surface area contributed by atoms with Gasteiger partial charge in [0.15, 0.2) is 0 Å². The molecule has 1 saturated heterocycles. The average Bonchev–Trinajstić information content (AvgIpc) is 2.43. The predicted octanol–water partition coefficient (Wildman–Crippen LogP) is 3.51. The van der Waals surface area contributed by atoms with Gasteiger partial charge in [0.05, 0.1) is 0 Å². The number of nitrogens with two attached hydrogens (primary N) is 1. The number of nitrogens with zero attached hydrogens (tertiary/aromatic N) is 3. The number of aromatic nitrogens is 2. The van der Waals surface area contributed by atoms with Gasteiger partial charge in [-0.25, -0.2) is 9.97 Å². The molecule has 0 bridgehead atoms. The molecule has 2 rings (SSSR count). The SMILES string of the molecule is CCCC1CCN(c2nc(C(C)C)nc(N)c2C)CC1. The van der Waals surface area contributed by atoms with Gasteiger partial charge in [-0.3, -0.25) is 0 Å². The third-order valence-electron chi connectivity index (χ3n) is 4.30. The molecule has 0 aromatic carbocycles. The van der Waals surface area contributed by atoms with Crippen LogP contribution in [0.5, 0.6) is 0 Å². The largest absolute Gasteiger partial charge is 0.383 e. The van der Waals surface area contributed by atoms with Crippen molar-refractivity contribution in [1.82, 2.24) is 9.97 Å². The second-order valence-corrected chi connectivity index (χ2v) is 6.29. The van der Waals surface area contributed by atoms with Crippen LogP contribution in [0.1, 0.15) is 63.8 Å². The minimum atomic E-state index is 0.314. The van der Waals surface area contributed by atoms with E-state index >= 15 is 0 Å². The maximum atomic E-state index is 6.06. The first kappa shape index (κ1) is 15.1. The number of hydrogen-bond donors (Lipinski definition) is 1. The van der Waals surface area contributed by atoms with E-state index in [1.165, 1.54) is 25.7 Å². The molecule has 4 heteroatoms. The van der Waals surface area contributed by atoms with Crippen LogP contribution >= 0.6 is 0 Å². The van der Waals surface area contributed by atoms with Crippen LogP contribution in [0.3, 0.4) is 0 Å². The van der Waals surface area contributed by atoms with E-state index < -0.39 is 0 Å². The summed E-state index contributed by atoms with van der Waals surface area (Å²) >= 11 is 0.